The minimum absolute atomic E-state index is 0.144. The second-order valence-electron chi connectivity index (χ2n) is 6.54. The van der Waals surface area contributed by atoms with Crippen LogP contribution in [0.4, 0.5) is 0 Å². The SMILES string of the molecule is CSCC[C@H](NC(=O)[C@@H](N)Cc1c[nH]cn1)C(=O)N[C@@H](CO)C(=O)N[C@@H](CO)C(=O)O. The van der Waals surface area contributed by atoms with Gasteiger partial charge in [-0.05, 0) is 18.4 Å². The lowest BCUT2D eigenvalue weighted by molar-refractivity contribution is -0.143. The molecule has 1 heterocycles. The Kier molecular flexibility index (Phi) is 11.6. The van der Waals surface area contributed by atoms with Gasteiger partial charge in [0.05, 0.1) is 31.3 Å². The summed E-state index contributed by atoms with van der Waals surface area (Å²) in [5.74, 6) is -3.31. The Morgan fingerprint density at radius 3 is 2.16 bits per heavy atom. The average Bonchev–Trinajstić information content (AvgIpc) is 3.25. The van der Waals surface area contributed by atoms with E-state index in [0.29, 0.717) is 11.4 Å². The molecule has 1 aromatic rings. The molecule has 1 rings (SSSR count). The highest BCUT2D eigenvalue weighted by atomic mass is 32.2. The van der Waals surface area contributed by atoms with Gasteiger partial charge in [0.25, 0.3) is 0 Å². The van der Waals surface area contributed by atoms with Crippen LogP contribution in [-0.4, -0.2) is 98.4 Å². The van der Waals surface area contributed by atoms with Gasteiger partial charge in [-0.2, -0.15) is 11.8 Å². The summed E-state index contributed by atoms with van der Waals surface area (Å²) in [4.78, 5) is 54.9. The van der Waals surface area contributed by atoms with E-state index in [1.165, 1.54) is 18.1 Å². The number of nitrogens with one attached hydrogen (secondary N) is 4. The van der Waals surface area contributed by atoms with Crippen molar-refractivity contribution < 1.29 is 34.5 Å². The van der Waals surface area contributed by atoms with E-state index >= 15 is 0 Å². The molecule has 0 spiro atoms. The van der Waals surface area contributed by atoms with Gasteiger partial charge in [0.1, 0.15) is 18.1 Å². The second-order valence-corrected chi connectivity index (χ2v) is 7.53. The Morgan fingerprint density at radius 1 is 1.06 bits per heavy atom. The van der Waals surface area contributed by atoms with E-state index in [1.807, 2.05) is 11.6 Å². The summed E-state index contributed by atoms with van der Waals surface area (Å²) in [5.41, 5.74) is 6.44. The second kappa shape index (κ2) is 13.6. The van der Waals surface area contributed by atoms with Crippen molar-refractivity contribution in [2.75, 3.05) is 25.2 Å². The summed E-state index contributed by atoms with van der Waals surface area (Å²) in [6, 6.07) is -5.08. The van der Waals surface area contributed by atoms with E-state index in [-0.39, 0.29) is 12.8 Å². The number of aromatic amines is 1. The predicted octanol–water partition coefficient (Wildman–Crippen LogP) is -3.44. The molecule has 13 nitrogen and oxygen atoms in total. The normalized spacial score (nSPS) is 14.7. The van der Waals surface area contributed by atoms with Gasteiger partial charge in [0.15, 0.2) is 0 Å². The lowest BCUT2D eigenvalue weighted by Crippen LogP contribution is -2.58. The number of carboxylic acids is 1. The van der Waals surface area contributed by atoms with E-state index in [0.717, 1.165) is 0 Å². The highest BCUT2D eigenvalue weighted by molar-refractivity contribution is 7.98. The van der Waals surface area contributed by atoms with Crippen molar-refractivity contribution >= 4 is 35.5 Å². The molecule has 9 N–H and O–H groups in total. The third-order valence-electron chi connectivity index (χ3n) is 4.18. The smallest absolute Gasteiger partial charge is 0.328 e. The summed E-state index contributed by atoms with van der Waals surface area (Å²) in [5, 5.41) is 34.1. The quantitative estimate of drug-likeness (QED) is 0.137. The van der Waals surface area contributed by atoms with Crippen molar-refractivity contribution in [1.82, 2.24) is 25.9 Å². The van der Waals surface area contributed by atoms with Crippen molar-refractivity contribution in [3.8, 4) is 0 Å². The first-order chi connectivity index (χ1) is 14.7. The van der Waals surface area contributed by atoms with Gasteiger partial charge in [-0.3, -0.25) is 14.4 Å². The number of amides is 3. The number of nitrogens with zero attached hydrogens (tertiary/aromatic N) is 1. The largest absolute Gasteiger partial charge is 0.480 e. The molecule has 1 aromatic heterocycles. The van der Waals surface area contributed by atoms with E-state index in [4.69, 9.17) is 15.9 Å². The van der Waals surface area contributed by atoms with Crippen LogP contribution >= 0.6 is 11.8 Å². The Labute approximate surface area is 182 Å². The van der Waals surface area contributed by atoms with Crippen LogP contribution in [0, 0.1) is 0 Å². The molecule has 0 aliphatic heterocycles. The maximum absolute atomic E-state index is 12.6. The molecule has 0 fully saturated rings. The van der Waals surface area contributed by atoms with Crippen LogP contribution in [0.2, 0.25) is 0 Å². The predicted molar refractivity (Wildman–Crippen MR) is 111 cm³/mol. The van der Waals surface area contributed by atoms with Gasteiger partial charge in [-0.25, -0.2) is 9.78 Å². The number of carboxylic acid groups (broad SMARTS) is 1. The number of carbonyl (C=O) groups excluding carboxylic acids is 3. The van der Waals surface area contributed by atoms with Crippen molar-refractivity contribution in [3.05, 3.63) is 18.2 Å². The average molecular weight is 461 g/mol. The maximum Gasteiger partial charge on any atom is 0.328 e. The lowest BCUT2D eigenvalue weighted by atomic mass is 10.1. The van der Waals surface area contributed by atoms with Crippen LogP contribution in [0.25, 0.3) is 0 Å². The fraction of sp³-hybridized carbons (Fsp3) is 0.588. The maximum atomic E-state index is 12.6. The number of thioether (sulfide) groups is 1. The number of carbonyl (C=O) groups is 4. The monoisotopic (exact) mass is 460 g/mol. The van der Waals surface area contributed by atoms with Gasteiger partial charge in [0.2, 0.25) is 17.7 Å². The van der Waals surface area contributed by atoms with Crippen molar-refractivity contribution in [1.29, 1.82) is 0 Å². The van der Waals surface area contributed by atoms with Crippen LogP contribution in [0.3, 0.4) is 0 Å². The number of hydrogen-bond acceptors (Lipinski definition) is 9. The first-order valence-corrected chi connectivity index (χ1v) is 10.7. The van der Waals surface area contributed by atoms with Crippen LogP contribution in [0.5, 0.6) is 0 Å². The number of hydrogen-bond donors (Lipinski definition) is 8. The number of aliphatic hydroxyl groups is 2. The van der Waals surface area contributed by atoms with Gasteiger partial charge >= 0.3 is 5.97 Å². The molecule has 0 unspecified atom stereocenters. The minimum atomic E-state index is -1.59. The lowest BCUT2D eigenvalue weighted by Gasteiger charge is -2.24. The van der Waals surface area contributed by atoms with Gasteiger partial charge < -0.3 is 42.0 Å². The fourth-order valence-electron chi connectivity index (χ4n) is 2.43. The number of aliphatic carboxylic acids is 1. The molecule has 0 saturated carbocycles. The summed E-state index contributed by atoms with van der Waals surface area (Å²) < 4.78 is 0. The first-order valence-electron chi connectivity index (χ1n) is 9.31. The molecule has 174 valence electrons. The van der Waals surface area contributed by atoms with Gasteiger partial charge in [0, 0.05) is 12.6 Å². The summed E-state index contributed by atoms with van der Waals surface area (Å²) in [6.07, 6.45) is 5.21. The summed E-state index contributed by atoms with van der Waals surface area (Å²) in [6.45, 7) is -1.69. The number of aromatic nitrogens is 2. The molecule has 0 aliphatic rings. The van der Waals surface area contributed by atoms with Crippen LogP contribution < -0.4 is 21.7 Å². The molecule has 0 saturated heterocycles. The topological polar surface area (TPSA) is 220 Å². The molecule has 31 heavy (non-hydrogen) atoms. The Balaban J connectivity index is 2.77. The van der Waals surface area contributed by atoms with Crippen molar-refractivity contribution in [2.45, 2.75) is 37.0 Å². The number of nitrogens with two attached hydrogens (primary N) is 1. The van der Waals surface area contributed by atoms with Gasteiger partial charge in [-0.1, -0.05) is 0 Å². The number of aliphatic hydroxyl groups excluding tert-OH is 2. The standard InChI is InChI=1S/C17H28N6O7S/c1-31-3-2-11(21-14(26)10(18)4-9-5-19-8-20-9)15(27)22-12(6-24)16(28)23-13(7-25)17(29)30/h5,8,10-13,24-25H,2-4,6-7,18H2,1H3,(H,19,20)(H,21,26)(H,22,27)(H,23,28)(H,29,30)/t10-,11-,12-,13-/m0/s1. The number of imidazole rings is 1. The molecule has 3 amide bonds. The minimum Gasteiger partial charge on any atom is -0.480 e. The zero-order chi connectivity index (χ0) is 23.4. The zero-order valence-electron chi connectivity index (χ0n) is 16.9. The Hall–Kier alpha value is -2.68. The fourth-order valence-corrected chi connectivity index (χ4v) is 2.90. The highest BCUT2D eigenvalue weighted by Gasteiger charge is 2.29. The van der Waals surface area contributed by atoms with Crippen molar-refractivity contribution in [2.24, 2.45) is 5.73 Å². The van der Waals surface area contributed by atoms with Crippen molar-refractivity contribution in [3.63, 3.8) is 0 Å². The van der Waals surface area contributed by atoms with E-state index in [1.54, 1.807) is 6.20 Å². The van der Waals surface area contributed by atoms with Gasteiger partial charge in [-0.15, -0.1) is 0 Å². The van der Waals surface area contributed by atoms with Crippen LogP contribution in [0.15, 0.2) is 12.5 Å². The molecular formula is C17H28N6O7S. The number of H-pyrrole nitrogens is 1. The molecule has 0 bridgehead atoms. The number of rotatable bonds is 14. The van der Waals surface area contributed by atoms with Crippen LogP contribution in [0.1, 0.15) is 12.1 Å². The molecule has 14 heteroatoms. The highest BCUT2D eigenvalue weighted by Crippen LogP contribution is 2.04. The van der Waals surface area contributed by atoms with E-state index in [2.05, 4.69) is 20.6 Å². The van der Waals surface area contributed by atoms with Crippen LogP contribution in [-0.2, 0) is 25.6 Å². The Morgan fingerprint density at radius 2 is 1.65 bits per heavy atom. The molecular weight excluding hydrogens is 432 g/mol. The summed E-state index contributed by atoms with van der Waals surface area (Å²) in [7, 11) is 0. The molecule has 0 aromatic carbocycles. The third kappa shape index (κ3) is 8.92. The zero-order valence-corrected chi connectivity index (χ0v) is 17.7. The third-order valence-corrected chi connectivity index (χ3v) is 4.82. The van der Waals surface area contributed by atoms with E-state index < -0.39 is 61.1 Å². The Bertz CT molecular complexity index is 733. The van der Waals surface area contributed by atoms with E-state index in [9.17, 15) is 24.3 Å². The summed E-state index contributed by atoms with van der Waals surface area (Å²) >= 11 is 1.43. The molecule has 0 aliphatic carbocycles. The molecule has 0 radical (unpaired) electrons. The first kappa shape index (κ1) is 26.4. The molecule has 4 atom stereocenters.